The number of nitrogens with two attached hydrogens (primary N) is 4. The molecule has 0 bridgehead atoms. The quantitative estimate of drug-likeness (QED) is 0.0696. The summed E-state index contributed by atoms with van der Waals surface area (Å²) in [5, 5.41) is 85.9. The Morgan fingerprint density at radius 3 is 2.11 bits per heavy atom. The lowest BCUT2D eigenvalue weighted by molar-refractivity contribution is -0.332. The third kappa shape index (κ3) is 8.35. The van der Waals surface area contributed by atoms with Gasteiger partial charge in [-0.05, 0) is 6.42 Å². The van der Waals surface area contributed by atoms with Crippen molar-refractivity contribution in [3.05, 3.63) is 0 Å². The van der Waals surface area contributed by atoms with Crippen LogP contribution >= 0.6 is 0 Å². The SMILES string of the molecule is NC=NCC[C@H](O)C(=O)N[C@@H]1C[C@H](N)[C@@H](O[C@H]2O[C@H](CN=CN)[C@@H](O)[C@H](O)[C@H]2O)[C@H](O)[C@H]1O[C@H]1O[C@H](CO)[C@@H](O)[C@H](N)[C@H]1O. The van der Waals surface area contributed by atoms with Crippen LogP contribution in [0.4, 0.5) is 0 Å². The molecule has 44 heavy (non-hydrogen) atoms. The Bertz CT molecular complexity index is 967. The monoisotopic (exact) mass is 639 g/mol. The maximum absolute atomic E-state index is 12.8. The summed E-state index contributed by atoms with van der Waals surface area (Å²) in [7, 11) is 0. The zero-order valence-electron chi connectivity index (χ0n) is 23.8. The molecule has 3 aliphatic rings. The molecule has 2 heterocycles. The summed E-state index contributed by atoms with van der Waals surface area (Å²) in [6.07, 6.45) is -18.4. The van der Waals surface area contributed by atoms with Crippen molar-refractivity contribution in [2.24, 2.45) is 32.9 Å². The molecule has 0 unspecified atom stereocenters. The van der Waals surface area contributed by atoms with Gasteiger partial charge in [-0.2, -0.15) is 0 Å². The summed E-state index contributed by atoms with van der Waals surface area (Å²) in [5.74, 6) is -0.869. The number of carbonyl (C=O) groups is 1. The Morgan fingerprint density at radius 1 is 0.864 bits per heavy atom. The summed E-state index contributed by atoms with van der Waals surface area (Å²) in [6, 6.07) is -3.55. The van der Waals surface area contributed by atoms with Crippen molar-refractivity contribution >= 4 is 18.6 Å². The number of nitrogens with zero attached hydrogens (tertiary/aromatic N) is 2. The molecule has 1 amide bonds. The third-order valence-electron chi connectivity index (χ3n) is 7.86. The average Bonchev–Trinajstić information content (AvgIpc) is 3.00. The van der Waals surface area contributed by atoms with E-state index in [1.54, 1.807) is 0 Å². The van der Waals surface area contributed by atoms with E-state index in [1.807, 2.05) is 0 Å². The lowest BCUT2D eigenvalue weighted by atomic mass is 9.83. The molecule has 16 atom stereocenters. The van der Waals surface area contributed by atoms with Crippen LogP contribution in [-0.2, 0) is 23.7 Å². The van der Waals surface area contributed by atoms with Gasteiger partial charge in [0.15, 0.2) is 12.6 Å². The first-order valence-electron chi connectivity index (χ1n) is 14.1. The standard InChI is InChI=1S/C24H45N7O13/c25-6-29-2-1-10(33)22(40)31-9-3-8(27)20(43-24-18(38)17(37)15(35)11(41-24)4-30-7-26)19(39)21(9)44-23-16(36)13(28)14(34)12(5-32)42-23/h6-21,23-24,32-39H,1-5,27-28H2,(H2,25,29)(H2,26,30)(H,31,40)/t8-,9+,10-,11+,12+,13-,14+,15+,16+,17-,18+,19-,20+,21-,23+,24+/m0/s1. The van der Waals surface area contributed by atoms with Crippen molar-refractivity contribution in [1.29, 1.82) is 0 Å². The number of nitrogens with one attached hydrogen (secondary N) is 1. The first-order chi connectivity index (χ1) is 20.9. The van der Waals surface area contributed by atoms with Crippen LogP contribution in [0.25, 0.3) is 0 Å². The van der Waals surface area contributed by atoms with Gasteiger partial charge in [-0.15, -0.1) is 0 Å². The predicted octanol–water partition coefficient (Wildman–Crippen LogP) is -8.37. The van der Waals surface area contributed by atoms with Gasteiger partial charge in [0, 0.05) is 19.0 Å². The van der Waals surface area contributed by atoms with Crippen LogP contribution in [0.2, 0.25) is 0 Å². The Kier molecular flexibility index (Phi) is 13.6. The molecule has 254 valence electrons. The fraction of sp³-hybridized carbons (Fsp3) is 0.875. The zero-order chi connectivity index (χ0) is 32.7. The summed E-state index contributed by atoms with van der Waals surface area (Å²) >= 11 is 0. The van der Waals surface area contributed by atoms with Gasteiger partial charge in [0.2, 0.25) is 5.91 Å². The molecule has 20 heteroatoms. The Balaban J connectivity index is 1.85. The molecule has 17 N–H and O–H groups in total. The second-order valence-electron chi connectivity index (χ2n) is 10.9. The minimum atomic E-state index is -1.79. The summed E-state index contributed by atoms with van der Waals surface area (Å²) in [6.45, 7) is -0.849. The zero-order valence-corrected chi connectivity index (χ0v) is 23.8. The fourth-order valence-corrected chi connectivity index (χ4v) is 5.30. The smallest absolute Gasteiger partial charge is 0.249 e. The van der Waals surface area contributed by atoms with Crippen LogP contribution < -0.4 is 28.3 Å². The van der Waals surface area contributed by atoms with Crippen molar-refractivity contribution in [1.82, 2.24) is 5.32 Å². The molecule has 0 aromatic heterocycles. The summed E-state index contributed by atoms with van der Waals surface area (Å²) in [5.41, 5.74) is 22.6. The molecule has 3 rings (SSSR count). The van der Waals surface area contributed by atoms with Crippen LogP contribution in [0.1, 0.15) is 12.8 Å². The Hall–Kier alpha value is -2.15. The first kappa shape index (κ1) is 36.3. The highest BCUT2D eigenvalue weighted by molar-refractivity contribution is 5.80. The number of amides is 1. The molecular formula is C24H45N7O13. The summed E-state index contributed by atoms with van der Waals surface area (Å²) in [4.78, 5) is 20.3. The Morgan fingerprint density at radius 2 is 1.48 bits per heavy atom. The molecule has 0 aromatic rings. The number of rotatable bonds is 12. The van der Waals surface area contributed by atoms with Crippen molar-refractivity contribution in [3.63, 3.8) is 0 Å². The van der Waals surface area contributed by atoms with Crippen molar-refractivity contribution < 1.29 is 64.6 Å². The highest BCUT2D eigenvalue weighted by Gasteiger charge is 2.52. The lowest BCUT2D eigenvalue weighted by Crippen LogP contribution is -2.69. The van der Waals surface area contributed by atoms with Crippen LogP contribution in [-0.4, -0.2) is 177 Å². The number of hydrogen-bond acceptors (Lipinski definition) is 17. The van der Waals surface area contributed by atoms with Gasteiger partial charge in [-0.3, -0.25) is 14.8 Å². The van der Waals surface area contributed by atoms with Gasteiger partial charge in [0.05, 0.1) is 37.9 Å². The van der Waals surface area contributed by atoms with E-state index in [0.29, 0.717) is 0 Å². The molecule has 2 saturated heterocycles. The highest BCUT2D eigenvalue weighted by Crippen LogP contribution is 2.32. The molecule has 0 aromatic carbocycles. The third-order valence-corrected chi connectivity index (χ3v) is 7.86. The van der Waals surface area contributed by atoms with Crippen molar-refractivity contribution in [2.45, 2.75) is 111 Å². The van der Waals surface area contributed by atoms with E-state index in [2.05, 4.69) is 15.3 Å². The Labute approximate surface area is 252 Å². The van der Waals surface area contributed by atoms with Crippen LogP contribution in [0, 0.1) is 0 Å². The molecule has 0 spiro atoms. The topological polar surface area (TPSA) is 357 Å². The van der Waals surface area contributed by atoms with Gasteiger partial charge < -0.3 is 88.1 Å². The second-order valence-corrected chi connectivity index (χ2v) is 10.9. The van der Waals surface area contributed by atoms with E-state index in [0.717, 1.165) is 12.7 Å². The normalized spacial score (nSPS) is 44.2. The fourth-order valence-electron chi connectivity index (χ4n) is 5.30. The van der Waals surface area contributed by atoms with E-state index in [1.165, 1.54) is 0 Å². The van der Waals surface area contributed by atoms with E-state index in [9.17, 15) is 45.6 Å². The van der Waals surface area contributed by atoms with Gasteiger partial charge in [0.1, 0.15) is 67.1 Å². The van der Waals surface area contributed by atoms with Crippen molar-refractivity contribution in [3.8, 4) is 0 Å². The number of carbonyl (C=O) groups excluding carboxylic acids is 1. The molecular weight excluding hydrogens is 594 g/mol. The van der Waals surface area contributed by atoms with Crippen LogP contribution in [0.5, 0.6) is 0 Å². The maximum Gasteiger partial charge on any atom is 0.249 e. The molecule has 3 fully saturated rings. The van der Waals surface area contributed by atoms with E-state index in [-0.39, 0.29) is 25.9 Å². The largest absolute Gasteiger partial charge is 0.394 e. The molecule has 2 aliphatic heterocycles. The number of aliphatic imine (C=N–C) groups is 2. The van der Waals surface area contributed by atoms with E-state index < -0.39 is 110 Å². The van der Waals surface area contributed by atoms with Crippen LogP contribution in [0.15, 0.2) is 9.98 Å². The van der Waals surface area contributed by atoms with Gasteiger partial charge >= 0.3 is 0 Å². The minimum Gasteiger partial charge on any atom is -0.394 e. The highest BCUT2D eigenvalue weighted by atomic mass is 16.7. The van der Waals surface area contributed by atoms with Gasteiger partial charge in [-0.1, -0.05) is 0 Å². The van der Waals surface area contributed by atoms with Crippen LogP contribution in [0.3, 0.4) is 0 Å². The maximum atomic E-state index is 12.8. The average molecular weight is 640 g/mol. The molecule has 1 aliphatic carbocycles. The molecule has 0 radical (unpaired) electrons. The minimum absolute atomic E-state index is 0.0421. The van der Waals surface area contributed by atoms with Crippen molar-refractivity contribution in [2.75, 3.05) is 19.7 Å². The van der Waals surface area contributed by atoms with E-state index in [4.69, 9.17) is 41.9 Å². The van der Waals surface area contributed by atoms with E-state index >= 15 is 0 Å². The second kappa shape index (κ2) is 16.4. The number of ether oxygens (including phenoxy) is 4. The lowest BCUT2D eigenvalue weighted by Gasteiger charge is -2.48. The number of aliphatic hydroxyl groups excluding tert-OH is 8. The summed E-state index contributed by atoms with van der Waals surface area (Å²) < 4.78 is 22.8. The number of hydrogen-bond donors (Lipinski definition) is 13. The molecule has 1 saturated carbocycles. The predicted molar refractivity (Wildman–Crippen MR) is 148 cm³/mol. The first-order valence-corrected chi connectivity index (χ1v) is 14.1. The number of aliphatic hydroxyl groups is 8. The van der Waals surface area contributed by atoms with Gasteiger partial charge in [0.25, 0.3) is 0 Å². The molecule has 20 nitrogen and oxygen atoms in total. The van der Waals surface area contributed by atoms with Gasteiger partial charge in [-0.25, -0.2) is 0 Å².